The van der Waals surface area contributed by atoms with Gasteiger partial charge < -0.3 is 5.32 Å². The number of alkyl halides is 1. The second-order valence-corrected chi connectivity index (χ2v) is 4.67. The summed E-state index contributed by atoms with van der Waals surface area (Å²) in [5.41, 5.74) is 1.27. The van der Waals surface area contributed by atoms with Gasteiger partial charge in [-0.1, -0.05) is 0 Å². The summed E-state index contributed by atoms with van der Waals surface area (Å²) < 4.78 is 13.6. The molecule has 2 atom stereocenters. The molecule has 0 amide bonds. The first-order valence-electron chi connectivity index (χ1n) is 5.25. The molecule has 1 aliphatic heterocycles. The lowest BCUT2D eigenvalue weighted by molar-refractivity contribution is 0.250. The van der Waals surface area contributed by atoms with Crippen LogP contribution in [0.3, 0.4) is 0 Å². The number of rotatable bonds is 4. The maximum atomic E-state index is 13.6. The Labute approximate surface area is 88.3 Å². The predicted octanol–water partition coefficient (Wildman–Crippen LogP) is 2.77. The zero-order valence-electron chi connectivity index (χ0n) is 8.21. The van der Waals surface area contributed by atoms with Crippen LogP contribution in [0.25, 0.3) is 0 Å². The molecule has 1 saturated heterocycles. The van der Waals surface area contributed by atoms with Gasteiger partial charge in [0.05, 0.1) is 0 Å². The highest BCUT2D eigenvalue weighted by molar-refractivity contribution is 7.07. The minimum atomic E-state index is -0.669. The lowest BCUT2D eigenvalue weighted by Crippen LogP contribution is -2.32. The number of hydrogen-bond acceptors (Lipinski definition) is 2. The minimum Gasteiger partial charge on any atom is -0.311 e. The first-order valence-corrected chi connectivity index (χ1v) is 6.19. The zero-order chi connectivity index (χ0) is 9.80. The molecule has 0 aromatic carbocycles. The van der Waals surface area contributed by atoms with Crippen LogP contribution < -0.4 is 5.32 Å². The molecule has 0 aliphatic carbocycles. The summed E-state index contributed by atoms with van der Waals surface area (Å²) in [6.45, 7) is 0.990. The Kier molecular flexibility index (Phi) is 3.54. The summed E-state index contributed by atoms with van der Waals surface area (Å²) >= 11 is 1.69. The predicted molar refractivity (Wildman–Crippen MR) is 58.6 cm³/mol. The summed E-state index contributed by atoms with van der Waals surface area (Å²) in [6, 6.07) is 2.20. The van der Waals surface area contributed by atoms with Crippen molar-refractivity contribution >= 4 is 11.3 Å². The van der Waals surface area contributed by atoms with E-state index in [4.69, 9.17) is 0 Å². The molecule has 1 aromatic rings. The Bertz CT molecular complexity index is 254. The van der Waals surface area contributed by atoms with Crippen molar-refractivity contribution in [2.75, 3.05) is 6.54 Å². The number of thiophene rings is 1. The fourth-order valence-electron chi connectivity index (χ4n) is 1.96. The highest BCUT2D eigenvalue weighted by atomic mass is 32.1. The van der Waals surface area contributed by atoms with Crippen LogP contribution in [-0.2, 0) is 6.42 Å². The van der Waals surface area contributed by atoms with Gasteiger partial charge in [-0.3, -0.25) is 0 Å². The molecule has 0 saturated carbocycles. The Morgan fingerprint density at radius 3 is 3.21 bits per heavy atom. The van der Waals surface area contributed by atoms with Crippen molar-refractivity contribution < 1.29 is 4.39 Å². The number of nitrogens with one attached hydrogen (secondary N) is 1. The van der Waals surface area contributed by atoms with Crippen molar-refractivity contribution in [3.63, 3.8) is 0 Å². The van der Waals surface area contributed by atoms with E-state index in [1.165, 1.54) is 5.56 Å². The lowest BCUT2D eigenvalue weighted by atomic mass is 10.0. The van der Waals surface area contributed by atoms with E-state index in [0.29, 0.717) is 6.42 Å². The van der Waals surface area contributed by atoms with Crippen molar-refractivity contribution in [2.24, 2.45) is 0 Å². The Balaban J connectivity index is 1.74. The van der Waals surface area contributed by atoms with Gasteiger partial charge in [0.15, 0.2) is 0 Å². The summed E-state index contributed by atoms with van der Waals surface area (Å²) in [6.07, 6.45) is 3.00. The molecule has 0 bridgehead atoms. The third-order valence-electron chi connectivity index (χ3n) is 2.82. The smallest absolute Gasteiger partial charge is 0.116 e. The molecule has 1 fully saturated rings. The van der Waals surface area contributed by atoms with E-state index in [-0.39, 0.29) is 6.04 Å². The van der Waals surface area contributed by atoms with Crippen molar-refractivity contribution in [1.29, 1.82) is 0 Å². The molecule has 2 unspecified atom stereocenters. The van der Waals surface area contributed by atoms with E-state index in [0.717, 1.165) is 25.8 Å². The van der Waals surface area contributed by atoms with Crippen molar-refractivity contribution in [3.8, 4) is 0 Å². The fourth-order valence-corrected chi connectivity index (χ4v) is 2.66. The molecule has 14 heavy (non-hydrogen) atoms. The van der Waals surface area contributed by atoms with E-state index < -0.39 is 6.17 Å². The Morgan fingerprint density at radius 2 is 2.57 bits per heavy atom. The zero-order valence-corrected chi connectivity index (χ0v) is 9.02. The van der Waals surface area contributed by atoms with E-state index in [9.17, 15) is 4.39 Å². The summed E-state index contributed by atoms with van der Waals surface area (Å²) in [4.78, 5) is 0. The van der Waals surface area contributed by atoms with E-state index >= 15 is 0 Å². The second-order valence-electron chi connectivity index (χ2n) is 3.89. The summed E-state index contributed by atoms with van der Waals surface area (Å²) in [5, 5.41) is 7.37. The minimum absolute atomic E-state index is 0.119. The molecular weight excluding hydrogens is 197 g/mol. The van der Waals surface area contributed by atoms with Crippen LogP contribution in [0.4, 0.5) is 4.39 Å². The molecule has 1 N–H and O–H groups in total. The standard InChI is InChI=1S/C11H16FNS/c12-10(11-2-1-6-13-11)4-3-9-5-7-14-8-9/h5,7-8,10-11,13H,1-4,6H2. The number of hydrogen-bond donors (Lipinski definition) is 1. The quantitative estimate of drug-likeness (QED) is 0.811. The van der Waals surface area contributed by atoms with E-state index in [1.807, 2.05) is 0 Å². The molecular formula is C11H16FNS. The average molecular weight is 213 g/mol. The SMILES string of the molecule is FC(CCc1ccsc1)C1CCCN1. The monoisotopic (exact) mass is 213 g/mol. The number of aryl methyl sites for hydroxylation is 1. The second kappa shape index (κ2) is 4.89. The van der Waals surface area contributed by atoms with Gasteiger partial charge in [-0.15, -0.1) is 0 Å². The molecule has 0 spiro atoms. The van der Waals surface area contributed by atoms with Crippen molar-refractivity contribution in [2.45, 2.75) is 37.9 Å². The highest BCUT2D eigenvalue weighted by Crippen LogP contribution is 2.18. The van der Waals surface area contributed by atoms with E-state index in [1.54, 1.807) is 11.3 Å². The Hall–Kier alpha value is -0.410. The van der Waals surface area contributed by atoms with Crippen LogP contribution in [0.15, 0.2) is 16.8 Å². The third kappa shape index (κ3) is 2.55. The molecule has 0 radical (unpaired) electrons. The van der Waals surface area contributed by atoms with Crippen LogP contribution in [0, 0.1) is 0 Å². The van der Waals surface area contributed by atoms with Gasteiger partial charge in [-0.05, 0) is 54.6 Å². The van der Waals surface area contributed by atoms with Gasteiger partial charge in [0.25, 0.3) is 0 Å². The largest absolute Gasteiger partial charge is 0.311 e. The van der Waals surface area contributed by atoms with Crippen molar-refractivity contribution in [1.82, 2.24) is 5.32 Å². The number of halogens is 1. The Morgan fingerprint density at radius 1 is 1.64 bits per heavy atom. The normalized spacial score (nSPS) is 23.9. The maximum Gasteiger partial charge on any atom is 0.116 e. The fraction of sp³-hybridized carbons (Fsp3) is 0.636. The van der Waals surface area contributed by atoms with Crippen LogP contribution >= 0.6 is 11.3 Å². The van der Waals surface area contributed by atoms with Crippen LogP contribution in [-0.4, -0.2) is 18.8 Å². The first kappa shape index (κ1) is 10.1. The molecule has 2 rings (SSSR count). The molecule has 1 aromatic heterocycles. The highest BCUT2D eigenvalue weighted by Gasteiger charge is 2.23. The van der Waals surface area contributed by atoms with Crippen molar-refractivity contribution in [3.05, 3.63) is 22.4 Å². The third-order valence-corrected chi connectivity index (χ3v) is 3.56. The van der Waals surface area contributed by atoms with Gasteiger partial charge >= 0.3 is 0 Å². The van der Waals surface area contributed by atoms with Gasteiger partial charge in [0, 0.05) is 6.04 Å². The van der Waals surface area contributed by atoms with Gasteiger partial charge in [-0.25, -0.2) is 4.39 Å². The molecule has 1 nitrogen and oxygen atoms in total. The summed E-state index contributed by atoms with van der Waals surface area (Å²) in [7, 11) is 0. The maximum absolute atomic E-state index is 13.6. The molecule has 1 aliphatic rings. The molecule has 2 heterocycles. The van der Waals surface area contributed by atoms with Gasteiger partial charge in [0.1, 0.15) is 6.17 Å². The molecule has 78 valence electrons. The van der Waals surface area contributed by atoms with Gasteiger partial charge in [0.2, 0.25) is 0 Å². The summed E-state index contributed by atoms with van der Waals surface area (Å²) in [5.74, 6) is 0. The lowest BCUT2D eigenvalue weighted by Gasteiger charge is -2.15. The van der Waals surface area contributed by atoms with Crippen LogP contribution in [0.2, 0.25) is 0 Å². The first-order chi connectivity index (χ1) is 6.86. The average Bonchev–Trinajstić information content (AvgIpc) is 2.87. The van der Waals surface area contributed by atoms with E-state index in [2.05, 4.69) is 22.1 Å². The topological polar surface area (TPSA) is 12.0 Å². The molecule has 3 heteroatoms. The van der Waals surface area contributed by atoms with Crippen LogP contribution in [0.5, 0.6) is 0 Å². The van der Waals surface area contributed by atoms with Crippen LogP contribution in [0.1, 0.15) is 24.8 Å². The van der Waals surface area contributed by atoms with Gasteiger partial charge in [-0.2, -0.15) is 11.3 Å².